The third-order valence-electron chi connectivity index (χ3n) is 3.36. The molecule has 0 heterocycles. The van der Waals surface area contributed by atoms with Gasteiger partial charge in [0.1, 0.15) is 0 Å². The third kappa shape index (κ3) is 3.94. The zero-order valence-corrected chi connectivity index (χ0v) is 12.5. The van der Waals surface area contributed by atoms with E-state index in [1.807, 2.05) is 6.07 Å². The minimum Gasteiger partial charge on any atom is -0.409 e. The molecule has 0 aliphatic heterocycles. The molecule has 0 bridgehead atoms. The SMILES string of the molecule is CCC(CC)(NS(=O)(=O)Cc1ccccc1)/C(N)=N/O. The second-order valence-corrected chi connectivity index (χ2v) is 6.34. The number of oxime groups is 1. The van der Waals surface area contributed by atoms with E-state index in [4.69, 9.17) is 10.9 Å². The highest BCUT2D eigenvalue weighted by atomic mass is 32.2. The standard InChI is InChI=1S/C13H21N3O3S/c1-3-13(4-2,12(14)15-17)16-20(18,19)10-11-8-6-5-7-9-11/h5-9,16-17H,3-4,10H2,1-2H3,(H2,14,15). The minimum atomic E-state index is -3.59. The number of nitrogens with two attached hydrogens (primary N) is 1. The Kier molecular flexibility index (Phi) is 5.52. The molecule has 0 saturated heterocycles. The molecular weight excluding hydrogens is 278 g/mol. The van der Waals surface area contributed by atoms with Gasteiger partial charge in [-0.1, -0.05) is 49.3 Å². The van der Waals surface area contributed by atoms with Gasteiger partial charge in [-0.15, -0.1) is 0 Å². The maximum atomic E-state index is 12.3. The van der Waals surface area contributed by atoms with Crippen molar-refractivity contribution in [2.24, 2.45) is 10.9 Å². The van der Waals surface area contributed by atoms with Gasteiger partial charge in [0, 0.05) is 0 Å². The van der Waals surface area contributed by atoms with Crippen molar-refractivity contribution in [3.05, 3.63) is 35.9 Å². The molecule has 1 rings (SSSR count). The van der Waals surface area contributed by atoms with Gasteiger partial charge in [-0.05, 0) is 18.4 Å². The molecule has 6 nitrogen and oxygen atoms in total. The largest absolute Gasteiger partial charge is 0.409 e. The lowest BCUT2D eigenvalue weighted by Crippen LogP contribution is -2.56. The van der Waals surface area contributed by atoms with Crippen LogP contribution in [0.25, 0.3) is 0 Å². The van der Waals surface area contributed by atoms with Crippen LogP contribution in [0.4, 0.5) is 0 Å². The smallest absolute Gasteiger partial charge is 0.216 e. The highest BCUT2D eigenvalue weighted by Gasteiger charge is 2.35. The van der Waals surface area contributed by atoms with Crippen molar-refractivity contribution in [2.75, 3.05) is 0 Å². The summed E-state index contributed by atoms with van der Waals surface area (Å²) in [5.41, 5.74) is 5.27. The van der Waals surface area contributed by atoms with Crippen molar-refractivity contribution in [2.45, 2.75) is 38.0 Å². The summed E-state index contributed by atoms with van der Waals surface area (Å²) in [7, 11) is -3.59. The van der Waals surface area contributed by atoms with Crippen molar-refractivity contribution < 1.29 is 13.6 Å². The topological polar surface area (TPSA) is 105 Å². The fraction of sp³-hybridized carbons (Fsp3) is 0.462. The fourth-order valence-corrected chi connectivity index (χ4v) is 3.72. The Morgan fingerprint density at radius 1 is 1.30 bits per heavy atom. The normalized spacial score (nSPS) is 13.4. The average Bonchev–Trinajstić information content (AvgIpc) is 2.44. The number of sulfonamides is 1. The van der Waals surface area contributed by atoms with Crippen LogP contribution in [0.15, 0.2) is 35.5 Å². The molecule has 0 amide bonds. The predicted molar refractivity (Wildman–Crippen MR) is 78.9 cm³/mol. The summed E-state index contributed by atoms with van der Waals surface area (Å²) in [5, 5.41) is 11.8. The lowest BCUT2D eigenvalue weighted by atomic mass is 9.93. The third-order valence-corrected chi connectivity index (χ3v) is 4.77. The summed E-state index contributed by atoms with van der Waals surface area (Å²) >= 11 is 0. The van der Waals surface area contributed by atoms with Crippen LogP contribution >= 0.6 is 0 Å². The molecule has 0 aromatic heterocycles. The Balaban J connectivity index is 2.98. The van der Waals surface area contributed by atoms with Gasteiger partial charge in [-0.2, -0.15) is 0 Å². The monoisotopic (exact) mass is 299 g/mol. The van der Waals surface area contributed by atoms with Crippen LogP contribution in [0, 0.1) is 0 Å². The van der Waals surface area contributed by atoms with Gasteiger partial charge in [0.05, 0.1) is 11.3 Å². The molecule has 0 aliphatic rings. The van der Waals surface area contributed by atoms with E-state index in [-0.39, 0.29) is 11.6 Å². The van der Waals surface area contributed by atoms with E-state index in [2.05, 4.69) is 9.88 Å². The lowest BCUT2D eigenvalue weighted by molar-refractivity contribution is 0.307. The van der Waals surface area contributed by atoms with Crippen molar-refractivity contribution in [3.63, 3.8) is 0 Å². The molecule has 0 atom stereocenters. The number of benzene rings is 1. The molecule has 0 spiro atoms. The molecule has 4 N–H and O–H groups in total. The van der Waals surface area contributed by atoms with Crippen molar-refractivity contribution in [1.29, 1.82) is 0 Å². The van der Waals surface area contributed by atoms with Crippen molar-refractivity contribution in [3.8, 4) is 0 Å². The molecule has 1 aromatic carbocycles. The molecular formula is C13H21N3O3S. The number of hydrogen-bond acceptors (Lipinski definition) is 4. The van der Waals surface area contributed by atoms with Crippen LogP contribution in [0.5, 0.6) is 0 Å². The van der Waals surface area contributed by atoms with Crippen LogP contribution < -0.4 is 10.5 Å². The second-order valence-electron chi connectivity index (χ2n) is 4.62. The van der Waals surface area contributed by atoms with Gasteiger partial charge in [0.25, 0.3) is 0 Å². The molecule has 0 aliphatic carbocycles. The Morgan fingerprint density at radius 3 is 2.30 bits per heavy atom. The molecule has 0 unspecified atom stereocenters. The average molecular weight is 299 g/mol. The van der Waals surface area contributed by atoms with E-state index in [0.29, 0.717) is 18.4 Å². The summed E-state index contributed by atoms with van der Waals surface area (Å²) in [6.45, 7) is 3.57. The number of rotatable bonds is 7. The number of hydrogen-bond donors (Lipinski definition) is 3. The first-order valence-electron chi connectivity index (χ1n) is 6.42. The summed E-state index contributed by atoms with van der Waals surface area (Å²) < 4.78 is 27.1. The van der Waals surface area contributed by atoms with Gasteiger partial charge >= 0.3 is 0 Å². The van der Waals surface area contributed by atoms with Gasteiger partial charge in [-0.3, -0.25) is 0 Å². The first kappa shape index (κ1) is 16.5. The number of amidine groups is 1. The highest BCUT2D eigenvalue weighted by Crippen LogP contribution is 2.18. The Hall–Kier alpha value is -1.60. The van der Waals surface area contributed by atoms with Crippen molar-refractivity contribution in [1.82, 2.24) is 4.72 Å². The second kappa shape index (κ2) is 6.71. The molecule has 20 heavy (non-hydrogen) atoms. The van der Waals surface area contributed by atoms with Gasteiger partial charge in [0.2, 0.25) is 10.0 Å². The molecule has 0 radical (unpaired) electrons. The fourth-order valence-electron chi connectivity index (χ4n) is 2.03. The first-order chi connectivity index (χ1) is 9.39. The summed E-state index contributed by atoms with van der Waals surface area (Å²) in [4.78, 5) is 0. The zero-order chi connectivity index (χ0) is 15.2. The quantitative estimate of drug-likeness (QED) is 0.306. The van der Waals surface area contributed by atoms with E-state index in [1.165, 1.54) is 0 Å². The lowest BCUT2D eigenvalue weighted by Gasteiger charge is -2.30. The Morgan fingerprint density at radius 2 is 1.85 bits per heavy atom. The zero-order valence-electron chi connectivity index (χ0n) is 11.7. The van der Waals surface area contributed by atoms with E-state index in [9.17, 15) is 8.42 Å². The first-order valence-corrected chi connectivity index (χ1v) is 8.08. The van der Waals surface area contributed by atoms with E-state index in [1.54, 1.807) is 38.1 Å². The van der Waals surface area contributed by atoms with Gasteiger partial charge in [-0.25, -0.2) is 13.1 Å². The van der Waals surface area contributed by atoms with E-state index < -0.39 is 15.6 Å². The Bertz CT molecular complexity index is 551. The maximum absolute atomic E-state index is 12.3. The minimum absolute atomic E-state index is 0.126. The highest BCUT2D eigenvalue weighted by molar-refractivity contribution is 7.88. The molecule has 7 heteroatoms. The molecule has 1 aromatic rings. The maximum Gasteiger partial charge on any atom is 0.216 e. The van der Waals surface area contributed by atoms with Crippen LogP contribution in [0.2, 0.25) is 0 Å². The van der Waals surface area contributed by atoms with E-state index in [0.717, 1.165) is 0 Å². The van der Waals surface area contributed by atoms with Crippen LogP contribution in [0.3, 0.4) is 0 Å². The predicted octanol–water partition coefficient (Wildman–Crippen LogP) is 1.41. The van der Waals surface area contributed by atoms with Crippen molar-refractivity contribution >= 4 is 15.9 Å². The van der Waals surface area contributed by atoms with Gasteiger partial charge in [0.15, 0.2) is 5.84 Å². The summed E-state index contributed by atoms with van der Waals surface area (Å²) in [5.74, 6) is -0.270. The van der Waals surface area contributed by atoms with E-state index >= 15 is 0 Å². The number of nitrogens with zero attached hydrogens (tertiary/aromatic N) is 1. The Labute approximate surface area is 119 Å². The van der Waals surface area contributed by atoms with Crippen LogP contribution in [0.1, 0.15) is 32.3 Å². The van der Waals surface area contributed by atoms with Gasteiger partial charge < -0.3 is 10.9 Å². The van der Waals surface area contributed by atoms with Crippen LogP contribution in [-0.2, 0) is 15.8 Å². The van der Waals surface area contributed by atoms with Crippen LogP contribution in [-0.4, -0.2) is 25.0 Å². The molecule has 0 saturated carbocycles. The summed E-state index contributed by atoms with van der Waals surface area (Å²) in [6.07, 6.45) is 0.792. The molecule has 0 fully saturated rings. The molecule has 112 valence electrons. The number of nitrogens with one attached hydrogen (secondary N) is 1. The summed E-state index contributed by atoms with van der Waals surface area (Å²) in [6, 6.07) is 8.86.